The molecule has 33 heavy (non-hydrogen) atoms. The first kappa shape index (κ1) is 23.9. The molecule has 3 aromatic rings. The SMILES string of the molecule is CC1(F)C(O)C(CSP(=O)(O)NCCc2c[nH]c3ccccc23)OC1n1ccc(=O)[nH]c1=O. The van der Waals surface area contributed by atoms with Crippen LogP contribution in [0.1, 0.15) is 18.7 Å². The Kier molecular flexibility index (Phi) is 6.68. The van der Waals surface area contributed by atoms with Gasteiger partial charge in [0.05, 0.1) is 6.10 Å². The summed E-state index contributed by atoms with van der Waals surface area (Å²) >= 11 is 0.620. The fourth-order valence-electron chi connectivity index (χ4n) is 3.85. The lowest BCUT2D eigenvalue weighted by Gasteiger charge is -2.24. The van der Waals surface area contributed by atoms with Crippen LogP contribution in [0.4, 0.5) is 4.39 Å². The van der Waals surface area contributed by atoms with Crippen LogP contribution in [0.2, 0.25) is 0 Å². The summed E-state index contributed by atoms with van der Waals surface area (Å²) in [6, 6.07) is 8.78. The topological polar surface area (TPSA) is 149 Å². The van der Waals surface area contributed by atoms with Gasteiger partial charge in [0, 0.05) is 41.7 Å². The molecule has 0 radical (unpaired) electrons. The van der Waals surface area contributed by atoms with Crippen LogP contribution in [0.25, 0.3) is 10.9 Å². The average Bonchev–Trinajstić information content (AvgIpc) is 3.26. The Morgan fingerprint density at radius 2 is 2.09 bits per heavy atom. The second-order valence-corrected chi connectivity index (χ2v) is 12.2. The molecule has 2 aromatic heterocycles. The molecule has 1 aliphatic rings. The highest BCUT2D eigenvalue weighted by Crippen LogP contribution is 2.52. The van der Waals surface area contributed by atoms with Crippen molar-refractivity contribution < 1.29 is 23.7 Å². The number of aromatic amines is 2. The highest BCUT2D eigenvalue weighted by atomic mass is 32.7. The number of hydrogen-bond acceptors (Lipinski definition) is 6. The van der Waals surface area contributed by atoms with Crippen LogP contribution < -0.4 is 16.3 Å². The van der Waals surface area contributed by atoms with E-state index in [1.165, 1.54) is 0 Å². The van der Waals surface area contributed by atoms with Gasteiger partial charge in [0.15, 0.2) is 11.9 Å². The molecule has 1 aromatic carbocycles. The molecule has 5 N–H and O–H groups in total. The number of nitrogens with one attached hydrogen (secondary N) is 3. The van der Waals surface area contributed by atoms with Gasteiger partial charge in [0.25, 0.3) is 5.56 Å². The monoisotopic (exact) mass is 498 g/mol. The van der Waals surface area contributed by atoms with E-state index in [4.69, 9.17) is 4.74 Å². The Hall–Kier alpha value is -2.21. The van der Waals surface area contributed by atoms with Crippen LogP contribution >= 0.6 is 18.1 Å². The number of aromatic nitrogens is 3. The van der Waals surface area contributed by atoms with E-state index < -0.39 is 42.1 Å². The minimum atomic E-state index is -3.87. The van der Waals surface area contributed by atoms with Crippen LogP contribution in [0.3, 0.4) is 0 Å². The van der Waals surface area contributed by atoms with Gasteiger partial charge in [-0.3, -0.25) is 18.9 Å². The zero-order valence-corrected chi connectivity index (χ0v) is 19.3. The molecule has 1 aliphatic heterocycles. The zero-order valence-electron chi connectivity index (χ0n) is 17.6. The number of hydrogen-bond donors (Lipinski definition) is 5. The number of nitrogens with zero attached hydrogens (tertiary/aromatic N) is 1. The predicted octanol–water partition coefficient (Wildman–Crippen LogP) is 1.67. The molecular weight excluding hydrogens is 474 g/mol. The maximum atomic E-state index is 15.2. The maximum Gasteiger partial charge on any atom is 0.330 e. The number of benzene rings is 1. The first-order chi connectivity index (χ1) is 15.6. The van der Waals surface area contributed by atoms with Gasteiger partial charge in [-0.05, 0) is 25.0 Å². The summed E-state index contributed by atoms with van der Waals surface area (Å²) in [5.74, 6) is -0.191. The second kappa shape index (κ2) is 9.21. The molecule has 0 saturated carbocycles. The molecule has 178 valence electrons. The molecule has 10 nitrogen and oxygen atoms in total. The van der Waals surface area contributed by atoms with Crippen molar-refractivity contribution in [3.8, 4) is 0 Å². The molecule has 3 heterocycles. The second-order valence-electron chi connectivity index (χ2n) is 7.97. The molecule has 5 atom stereocenters. The number of halogens is 1. The standard InChI is InChI=1S/C20H24FN4O6PS/c1-20(21)17(27)15(31-18(20)25-9-7-16(26)24-19(25)28)11-33-32(29,30)23-8-6-12-10-22-14-5-3-2-4-13(12)14/h2-5,7,9-10,15,17-18,22,27H,6,8,11H2,1H3,(H2,23,29,30)(H,24,26,28). The van der Waals surface area contributed by atoms with Gasteiger partial charge in [0.1, 0.15) is 6.10 Å². The molecule has 0 spiro atoms. The minimum absolute atomic E-state index is 0.191. The third-order valence-electron chi connectivity index (χ3n) is 5.62. The molecule has 1 saturated heterocycles. The zero-order chi connectivity index (χ0) is 23.8. The van der Waals surface area contributed by atoms with E-state index >= 15 is 4.39 Å². The van der Waals surface area contributed by atoms with E-state index in [-0.39, 0.29) is 12.3 Å². The van der Waals surface area contributed by atoms with E-state index in [2.05, 4.69) is 10.1 Å². The van der Waals surface area contributed by atoms with Crippen molar-refractivity contribution in [2.24, 2.45) is 0 Å². The van der Waals surface area contributed by atoms with Crippen molar-refractivity contribution in [1.29, 1.82) is 0 Å². The van der Waals surface area contributed by atoms with Gasteiger partial charge in [0.2, 0.25) is 0 Å². The van der Waals surface area contributed by atoms with Crippen LogP contribution in [0.15, 0.2) is 52.3 Å². The van der Waals surface area contributed by atoms with Crippen molar-refractivity contribution in [2.45, 2.75) is 37.4 Å². The van der Waals surface area contributed by atoms with Crippen LogP contribution in [-0.4, -0.2) is 54.7 Å². The largest absolute Gasteiger partial charge is 0.387 e. The number of ether oxygens (including phenoxy) is 1. The van der Waals surface area contributed by atoms with Gasteiger partial charge in [-0.15, -0.1) is 0 Å². The van der Waals surface area contributed by atoms with Gasteiger partial charge in [-0.2, -0.15) is 0 Å². The van der Waals surface area contributed by atoms with Crippen molar-refractivity contribution >= 4 is 29.0 Å². The number of aliphatic hydroxyl groups excluding tert-OH is 1. The van der Waals surface area contributed by atoms with Crippen molar-refractivity contribution in [3.05, 3.63) is 69.1 Å². The van der Waals surface area contributed by atoms with Gasteiger partial charge >= 0.3 is 12.4 Å². The predicted molar refractivity (Wildman–Crippen MR) is 123 cm³/mol. The van der Waals surface area contributed by atoms with Crippen molar-refractivity contribution in [1.82, 2.24) is 19.6 Å². The minimum Gasteiger partial charge on any atom is -0.387 e. The van der Waals surface area contributed by atoms with Crippen molar-refractivity contribution in [3.63, 3.8) is 0 Å². The van der Waals surface area contributed by atoms with Gasteiger partial charge < -0.3 is 19.7 Å². The molecular formula is C20H24FN4O6PS. The Bertz CT molecular complexity index is 1310. The summed E-state index contributed by atoms with van der Waals surface area (Å²) in [7, 11) is 0. The highest BCUT2D eigenvalue weighted by molar-refractivity contribution is 8.55. The lowest BCUT2D eigenvalue weighted by atomic mass is 9.99. The molecule has 5 unspecified atom stereocenters. The van der Waals surface area contributed by atoms with Crippen LogP contribution in [0, 0.1) is 0 Å². The number of aliphatic hydroxyl groups is 1. The van der Waals surface area contributed by atoms with Gasteiger partial charge in [-0.25, -0.2) is 14.3 Å². The normalized spacial score (nSPS) is 27.1. The third-order valence-corrected chi connectivity index (χ3v) is 8.95. The molecule has 0 aliphatic carbocycles. The van der Waals surface area contributed by atoms with E-state index in [9.17, 15) is 24.2 Å². The fraction of sp³-hybridized carbons (Fsp3) is 0.400. The number of H-pyrrole nitrogens is 2. The summed E-state index contributed by atoms with van der Waals surface area (Å²) in [6.07, 6.45) is -0.863. The molecule has 0 bridgehead atoms. The highest BCUT2D eigenvalue weighted by Gasteiger charge is 2.55. The number of para-hydroxylation sites is 1. The average molecular weight is 498 g/mol. The van der Waals surface area contributed by atoms with Crippen LogP contribution in [0.5, 0.6) is 0 Å². The lowest BCUT2D eigenvalue weighted by Crippen LogP contribution is -2.43. The molecule has 13 heteroatoms. The quantitative estimate of drug-likeness (QED) is 0.295. The Labute approximate surface area is 191 Å². The van der Waals surface area contributed by atoms with E-state index in [1.54, 1.807) is 0 Å². The first-order valence-electron chi connectivity index (χ1n) is 10.2. The first-order valence-corrected chi connectivity index (χ1v) is 13.4. The van der Waals surface area contributed by atoms with Gasteiger partial charge in [-0.1, -0.05) is 29.6 Å². The summed E-state index contributed by atoms with van der Waals surface area (Å²) in [5, 5.41) is 14.0. The maximum absolute atomic E-state index is 15.2. The molecule has 1 fully saturated rings. The Morgan fingerprint density at radius 3 is 2.85 bits per heavy atom. The third kappa shape index (κ3) is 5.01. The summed E-state index contributed by atoms with van der Waals surface area (Å²) in [5.41, 5.74) is -1.92. The molecule has 4 rings (SSSR count). The Balaban J connectivity index is 1.36. The number of alkyl halides is 1. The van der Waals surface area contributed by atoms with E-state index in [0.29, 0.717) is 17.8 Å². The summed E-state index contributed by atoms with van der Waals surface area (Å²) in [6.45, 7) is -2.57. The number of fused-ring (bicyclic) bond motifs is 1. The summed E-state index contributed by atoms with van der Waals surface area (Å²) < 4.78 is 34.1. The molecule has 0 amide bonds. The van der Waals surface area contributed by atoms with E-state index in [1.807, 2.05) is 35.4 Å². The number of rotatable bonds is 8. The smallest absolute Gasteiger partial charge is 0.330 e. The lowest BCUT2D eigenvalue weighted by molar-refractivity contribution is -0.0468. The van der Waals surface area contributed by atoms with E-state index in [0.717, 1.165) is 40.2 Å². The Morgan fingerprint density at radius 1 is 1.33 bits per heavy atom. The van der Waals surface area contributed by atoms with Crippen LogP contribution in [-0.2, 0) is 15.7 Å². The fourth-order valence-corrected chi connectivity index (χ4v) is 6.54. The summed E-state index contributed by atoms with van der Waals surface area (Å²) in [4.78, 5) is 38.7. The van der Waals surface area contributed by atoms with Crippen molar-refractivity contribution in [2.75, 3.05) is 12.3 Å².